The average Bonchev–Trinajstić information content (AvgIpc) is 2.58. The molecule has 0 saturated heterocycles. The van der Waals surface area contributed by atoms with E-state index in [0.29, 0.717) is 0 Å². The van der Waals surface area contributed by atoms with Crippen molar-refractivity contribution in [3.8, 4) is 0 Å². The van der Waals surface area contributed by atoms with Gasteiger partial charge in [0, 0.05) is 13.1 Å². The minimum absolute atomic E-state index is 0.194. The molecule has 0 spiro atoms. The largest absolute Gasteiger partial charge is 0.369 e. The molecule has 0 saturated carbocycles. The Hall–Kier alpha value is -0.930. The second kappa shape index (κ2) is 19.4. The zero-order chi connectivity index (χ0) is 18.6. The lowest BCUT2D eigenvalue weighted by Crippen LogP contribution is -2.30. The van der Waals surface area contributed by atoms with Gasteiger partial charge in [-0.2, -0.15) is 0 Å². The quantitative estimate of drug-likeness (QED) is 0.134. The van der Waals surface area contributed by atoms with E-state index in [2.05, 4.69) is 24.0 Å². The summed E-state index contributed by atoms with van der Waals surface area (Å²) in [5, 5.41) is 6.39. The molecule has 0 amide bonds. The zero-order valence-electron chi connectivity index (χ0n) is 17.3. The standard InChI is InChI=1S/C21H46N4/c1-3-5-7-9-11-13-15-17-19-25(24-21(22)23)20-18-16-14-12-10-8-6-4-2/h3-20H2,1-2H3,(H4,22,23,24). The van der Waals surface area contributed by atoms with Gasteiger partial charge >= 0.3 is 0 Å². The van der Waals surface area contributed by atoms with E-state index in [9.17, 15) is 0 Å². The maximum absolute atomic E-state index is 5.58. The first-order valence-corrected chi connectivity index (χ1v) is 11.0. The van der Waals surface area contributed by atoms with E-state index in [1.54, 1.807) is 0 Å². The van der Waals surface area contributed by atoms with Crippen LogP contribution in [0.2, 0.25) is 0 Å². The first kappa shape index (κ1) is 24.1. The summed E-state index contributed by atoms with van der Waals surface area (Å²) < 4.78 is 0. The molecule has 4 N–H and O–H groups in total. The first-order valence-electron chi connectivity index (χ1n) is 11.0. The third kappa shape index (κ3) is 19.2. The topological polar surface area (TPSA) is 67.6 Å². The predicted molar refractivity (Wildman–Crippen MR) is 113 cm³/mol. The normalized spacial score (nSPS) is 10.8. The summed E-state index contributed by atoms with van der Waals surface area (Å²) in [5.41, 5.74) is 11.2. The summed E-state index contributed by atoms with van der Waals surface area (Å²) in [7, 11) is 0. The fourth-order valence-corrected chi connectivity index (χ4v) is 3.23. The van der Waals surface area contributed by atoms with E-state index < -0.39 is 0 Å². The molecule has 0 aliphatic rings. The minimum Gasteiger partial charge on any atom is -0.369 e. The molecule has 0 fully saturated rings. The molecule has 25 heavy (non-hydrogen) atoms. The lowest BCUT2D eigenvalue weighted by atomic mass is 10.1. The molecule has 0 unspecified atom stereocenters. The fourth-order valence-electron chi connectivity index (χ4n) is 3.23. The van der Waals surface area contributed by atoms with Crippen molar-refractivity contribution in [3.05, 3.63) is 0 Å². The van der Waals surface area contributed by atoms with Crippen LogP contribution in [0.5, 0.6) is 0 Å². The van der Waals surface area contributed by atoms with E-state index in [0.717, 1.165) is 13.1 Å². The van der Waals surface area contributed by atoms with Crippen LogP contribution in [0.15, 0.2) is 5.10 Å². The second-order valence-electron chi connectivity index (χ2n) is 7.43. The highest BCUT2D eigenvalue weighted by atomic mass is 15.5. The van der Waals surface area contributed by atoms with E-state index in [1.165, 1.54) is 103 Å². The highest BCUT2D eigenvalue weighted by Crippen LogP contribution is 2.11. The van der Waals surface area contributed by atoms with Gasteiger partial charge in [-0.15, -0.1) is 5.10 Å². The van der Waals surface area contributed by atoms with Crippen molar-refractivity contribution in [2.24, 2.45) is 16.6 Å². The summed E-state index contributed by atoms with van der Waals surface area (Å²) in [6, 6.07) is 0. The third-order valence-electron chi connectivity index (χ3n) is 4.80. The summed E-state index contributed by atoms with van der Waals surface area (Å²) in [5.74, 6) is 0.194. The van der Waals surface area contributed by atoms with Crippen LogP contribution in [-0.4, -0.2) is 24.1 Å². The molecule has 150 valence electrons. The molecule has 0 radical (unpaired) electrons. The Bertz CT molecular complexity index is 268. The molecular formula is C21H46N4. The number of hydrogen-bond donors (Lipinski definition) is 2. The van der Waals surface area contributed by atoms with E-state index in [1.807, 2.05) is 0 Å². The number of rotatable bonds is 19. The number of hydrogen-bond acceptors (Lipinski definition) is 2. The van der Waals surface area contributed by atoms with Crippen molar-refractivity contribution in [2.45, 2.75) is 117 Å². The Morgan fingerprint density at radius 3 is 1.20 bits per heavy atom. The van der Waals surface area contributed by atoms with Gasteiger partial charge in [-0.25, -0.2) is 0 Å². The van der Waals surface area contributed by atoms with Gasteiger partial charge in [-0.3, -0.25) is 5.01 Å². The number of unbranched alkanes of at least 4 members (excludes halogenated alkanes) is 14. The number of nitrogens with two attached hydrogens (primary N) is 2. The van der Waals surface area contributed by atoms with Crippen LogP contribution in [0.1, 0.15) is 117 Å². The molecule has 4 heteroatoms. The SMILES string of the molecule is CCCCCCCCCCN(CCCCCCCCCC)N=C(N)N. The van der Waals surface area contributed by atoms with Crippen LogP contribution < -0.4 is 11.5 Å². The molecule has 0 aromatic heterocycles. The summed E-state index contributed by atoms with van der Waals surface area (Å²) in [4.78, 5) is 0. The first-order chi connectivity index (χ1) is 12.2. The number of hydrazone groups is 1. The summed E-state index contributed by atoms with van der Waals surface area (Å²) in [6.45, 7) is 6.52. The molecule has 0 atom stereocenters. The highest BCUT2D eigenvalue weighted by Gasteiger charge is 2.02. The van der Waals surface area contributed by atoms with Gasteiger partial charge in [0.05, 0.1) is 0 Å². The van der Waals surface area contributed by atoms with Crippen molar-refractivity contribution in [1.29, 1.82) is 0 Å². The van der Waals surface area contributed by atoms with E-state index >= 15 is 0 Å². The van der Waals surface area contributed by atoms with Crippen molar-refractivity contribution < 1.29 is 0 Å². The maximum Gasteiger partial charge on any atom is 0.208 e. The molecule has 0 aliphatic heterocycles. The molecule has 0 aliphatic carbocycles. The van der Waals surface area contributed by atoms with Gasteiger partial charge in [0.2, 0.25) is 5.96 Å². The predicted octanol–water partition coefficient (Wildman–Crippen LogP) is 5.76. The Labute approximate surface area is 157 Å². The lowest BCUT2D eigenvalue weighted by molar-refractivity contribution is 0.272. The van der Waals surface area contributed by atoms with Gasteiger partial charge in [0.1, 0.15) is 0 Å². The van der Waals surface area contributed by atoms with Crippen LogP contribution in [0.3, 0.4) is 0 Å². The van der Waals surface area contributed by atoms with Crippen molar-refractivity contribution >= 4 is 5.96 Å². The van der Waals surface area contributed by atoms with Gasteiger partial charge < -0.3 is 11.5 Å². The Kier molecular flexibility index (Phi) is 18.7. The van der Waals surface area contributed by atoms with Gasteiger partial charge in [-0.1, -0.05) is 104 Å². The van der Waals surface area contributed by atoms with Crippen LogP contribution in [0.25, 0.3) is 0 Å². The number of nitrogens with zero attached hydrogens (tertiary/aromatic N) is 2. The van der Waals surface area contributed by atoms with Crippen molar-refractivity contribution in [2.75, 3.05) is 13.1 Å². The molecule has 0 rings (SSSR count). The van der Waals surface area contributed by atoms with E-state index in [4.69, 9.17) is 11.5 Å². The highest BCUT2D eigenvalue weighted by molar-refractivity contribution is 5.75. The van der Waals surface area contributed by atoms with Crippen molar-refractivity contribution in [1.82, 2.24) is 5.01 Å². The summed E-state index contributed by atoms with van der Waals surface area (Å²) in [6.07, 6.45) is 21.4. The van der Waals surface area contributed by atoms with Crippen LogP contribution >= 0.6 is 0 Å². The average molecular weight is 355 g/mol. The zero-order valence-corrected chi connectivity index (χ0v) is 17.3. The third-order valence-corrected chi connectivity index (χ3v) is 4.80. The maximum atomic E-state index is 5.58. The van der Waals surface area contributed by atoms with Crippen molar-refractivity contribution in [3.63, 3.8) is 0 Å². The molecular weight excluding hydrogens is 308 g/mol. The molecule has 4 nitrogen and oxygen atoms in total. The second-order valence-corrected chi connectivity index (χ2v) is 7.43. The summed E-state index contributed by atoms with van der Waals surface area (Å²) >= 11 is 0. The van der Waals surface area contributed by atoms with Crippen LogP contribution in [0.4, 0.5) is 0 Å². The Morgan fingerprint density at radius 1 is 0.560 bits per heavy atom. The lowest BCUT2D eigenvalue weighted by Gasteiger charge is -2.19. The smallest absolute Gasteiger partial charge is 0.208 e. The monoisotopic (exact) mass is 354 g/mol. The Morgan fingerprint density at radius 2 is 0.880 bits per heavy atom. The van der Waals surface area contributed by atoms with Crippen LogP contribution in [0, 0.1) is 0 Å². The molecule has 0 heterocycles. The van der Waals surface area contributed by atoms with Crippen LogP contribution in [-0.2, 0) is 0 Å². The molecule has 0 bridgehead atoms. The molecule has 0 aromatic rings. The molecule has 0 aromatic carbocycles. The van der Waals surface area contributed by atoms with Gasteiger partial charge in [-0.05, 0) is 12.8 Å². The van der Waals surface area contributed by atoms with Gasteiger partial charge in [0.25, 0.3) is 0 Å². The number of guanidine groups is 1. The fraction of sp³-hybridized carbons (Fsp3) is 0.952. The van der Waals surface area contributed by atoms with E-state index in [-0.39, 0.29) is 5.96 Å². The minimum atomic E-state index is 0.194. The van der Waals surface area contributed by atoms with Gasteiger partial charge in [0.15, 0.2) is 0 Å². The Balaban J connectivity index is 3.64.